The van der Waals surface area contributed by atoms with Crippen LogP contribution >= 0.6 is 0 Å². The van der Waals surface area contributed by atoms with Crippen LogP contribution < -0.4 is 0 Å². The van der Waals surface area contributed by atoms with E-state index in [1.165, 1.54) is 0 Å². The highest BCUT2D eigenvalue weighted by Crippen LogP contribution is 2.44. The van der Waals surface area contributed by atoms with Gasteiger partial charge in [0.05, 0.1) is 19.6 Å². The van der Waals surface area contributed by atoms with Crippen molar-refractivity contribution in [3.05, 3.63) is 0 Å². The first-order valence-corrected chi connectivity index (χ1v) is 10.3. The van der Waals surface area contributed by atoms with Crippen LogP contribution in [0.3, 0.4) is 0 Å². The summed E-state index contributed by atoms with van der Waals surface area (Å²) in [7, 11) is 4.42. The van der Waals surface area contributed by atoms with Gasteiger partial charge in [-0.15, -0.1) is 5.92 Å². The predicted molar refractivity (Wildman–Crippen MR) is 112 cm³/mol. The number of likely N-dealkylation sites (N-methyl/N-ethyl adjacent to an activating group) is 1. The van der Waals surface area contributed by atoms with E-state index in [1.54, 1.807) is 0 Å². The van der Waals surface area contributed by atoms with Crippen molar-refractivity contribution < 1.29 is 9.28 Å². The van der Waals surface area contributed by atoms with Gasteiger partial charge in [0.25, 0.3) is 5.91 Å². The normalized spacial score (nSPS) is 19.5. The topological polar surface area (TPSA) is 20.3 Å². The highest BCUT2D eigenvalue weighted by Gasteiger charge is 2.51. The van der Waals surface area contributed by atoms with Crippen LogP contribution in [0.2, 0.25) is 0 Å². The average Bonchev–Trinajstić information content (AvgIpc) is 2.52. The molecule has 0 spiro atoms. The quantitative estimate of drug-likeness (QED) is 0.523. The predicted octanol–water partition coefficient (Wildman–Crippen LogP) is 4.42. The van der Waals surface area contributed by atoms with Gasteiger partial charge in [0.15, 0.2) is 6.54 Å². The summed E-state index contributed by atoms with van der Waals surface area (Å²) in [6.07, 6.45) is 2.19. The van der Waals surface area contributed by atoms with Gasteiger partial charge in [0.2, 0.25) is 0 Å². The fourth-order valence-electron chi connectivity index (χ4n) is 3.73. The van der Waals surface area contributed by atoms with E-state index >= 15 is 0 Å². The summed E-state index contributed by atoms with van der Waals surface area (Å²) in [5.74, 6) is 8.24. The lowest BCUT2D eigenvalue weighted by Crippen LogP contribution is -2.66. The molecule has 1 heterocycles. The maximum Gasteiger partial charge on any atom is 0.277 e. The molecular formula is C23H43N2O+. The second-order valence-electron chi connectivity index (χ2n) is 10.4. The molecule has 1 saturated heterocycles. The zero-order chi connectivity index (χ0) is 20.3. The minimum Gasteiger partial charge on any atom is -0.337 e. The Morgan fingerprint density at radius 1 is 1.15 bits per heavy atom. The van der Waals surface area contributed by atoms with Crippen molar-refractivity contribution in [2.45, 2.75) is 73.8 Å². The Balaban J connectivity index is 2.87. The van der Waals surface area contributed by atoms with Gasteiger partial charge in [-0.1, -0.05) is 47.5 Å². The van der Waals surface area contributed by atoms with Gasteiger partial charge in [-0.2, -0.15) is 0 Å². The molecule has 0 aromatic carbocycles. The summed E-state index contributed by atoms with van der Waals surface area (Å²) in [5.41, 5.74) is 0.118. The number of likely N-dealkylation sites (tertiary alicyclic amines) is 1. The third kappa shape index (κ3) is 5.03. The summed E-state index contributed by atoms with van der Waals surface area (Å²) in [4.78, 5) is 15.2. The molecule has 0 bridgehead atoms. The number of carbonyl (C=O) groups is 1. The van der Waals surface area contributed by atoms with Crippen LogP contribution in [0.1, 0.15) is 68.2 Å². The van der Waals surface area contributed by atoms with Gasteiger partial charge in [-0.3, -0.25) is 4.79 Å². The number of hydrogen-bond donors (Lipinski definition) is 0. The third-order valence-corrected chi connectivity index (χ3v) is 7.41. The largest absolute Gasteiger partial charge is 0.337 e. The van der Waals surface area contributed by atoms with Crippen LogP contribution in [0.5, 0.6) is 0 Å². The molecule has 1 aliphatic heterocycles. The standard InChI is InChI=1S/C23H43N2O/c1-18(2)13-14-20-12-11-15-24(16-20)21(26)17-25(9,10)23(7,8)22(5,6)19(3)4/h18-20H,11-12,15-17H2,1-10H3/q+1. The van der Waals surface area contributed by atoms with Gasteiger partial charge in [-0.05, 0) is 32.6 Å². The van der Waals surface area contributed by atoms with E-state index in [0.717, 1.165) is 25.9 Å². The summed E-state index contributed by atoms with van der Waals surface area (Å²) in [6, 6.07) is 0. The molecule has 0 aliphatic carbocycles. The number of amides is 1. The van der Waals surface area contributed by atoms with Crippen LogP contribution in [0.15, 0.2) is 0 Å². The molecule has 1 fully saturated rings. The number of quaternary nitrogens is 1. The summed E-state index contributed by atoms with van der Waals surface area (Å²) < 4.78 is 0.704. The lowest BCUT2D eigenvalue weighted by molar-refractivity contribution is -0.940. The van der Waals surface area contributed by atoms with E-state index in [1.807, 2.05) is 0 Å². The third-order valence-electron chi connectivity index (χ3n) is 7.41. The van der Waals surface area contributed by atoms with Gasteiger partial charge < -0.3 is 9.38 Å². The van der Waals surface area contributed by atoms with E-state index in [2.05, 4.69) is 86.2 Å². The van der Waals surface area contributed by atoms with Crippen molar-refractivity contribution in [2.75, 3.05) is 33.7 Å². The second-order valence-corrected chi connectivity index (χ2v) is 10.4. The first-order chi connectivity index (χ1) is 11.7. The molecule has 26 heavy (non-hydrogen) atoms. The molecule has 0 N–H and O–H groups in total. The first-order valence-electron chi connectivity index (χ1n) is 10.3. The van der Waals surface area contributed by atoms with Crippen molar-refractivity contribution in [3.63, 3.8) is 0 Å². The number of rotatable bonds is 5. The Hall–Kier alpha value is -1.01. The van der Waals surface area contributed by atoms with Gasteiger partial charge >= 0.3 is 0 Å². The molecule has 0 saturated carbocycles. The van der Waals surface area contributed by atoms with Crippen molar-refractivity contribution in [2.24, 2.45) is 23.2 Å². The van der Waals surface area contributed by atoms with Crippen molar-refractivity contribution in [1.82, 2.24) is 4.90 Å². The Morgan fingerprint density at radius 3 is 2.23 bits per heavy atom. The fourth-order valence-corrected chi connectivity index (χ4v) is 3.73. The Bertz CT molecular complexity index is 546. The number of carbonyl (C=O) groups excluding carboxylic acids is 1. The molecular weight excluding hydrogens is 320 g/mol. The van der Waals surface area contributed by atoms with Crippen LogP contribution in [-0.2, 0) is 4.79 Å². The Kier molecular flexibility index (Phi) is 7.39. The van der Waals surface area contributed by atoms with E-state index in [9.17, 15) is 4.79 Å². The number of nitrogens with zero attached hydrogens (tertiary/aromatic N) is 2. The van der Waals surface area contributed by atoms with E-state index in [0.29, 0.717) is 28.8 Å². The van der Waals surface area contributed by atoms with Crippen molar-refractivity contribution in [3.8, 4) is 11.8 Å². The van der Waals surface area contributed by atoms with Crippen LogP contribution in [0.25, 0.3) is 0 Å². The van der Waals surface area contributed by atoms with Crippen LogP contribution in [-0.4, -0.2) is 54.6 Å². The Labute approximate surface area is 163 Å². The fraction of sp³-hybridized carbons (Fsp3) is 0.870. The summed E-state index contributed by atoms with van der Waals surface area (Å²) >= 11 is 0. The zero-order valence-corrected chi connectivity index (χ0v) is 19.1. The molecule has 1 amide bonds. The van der Waals surface area contributed by atoms with Crippen molar-refractivity contribution >= 4 is 5.91 Å². The monoisotopic (exact) mass is 363 g/mol. The van der Waals surface area contributed by atoms with E-state index < -0.39 is 0 Å². The minimum absolute atomic E-state index is 0.0105. The number of piperidine rings is 1. The van der Waals surface area contributed by atoms with Crippen LogP contribution in [0.4, 0.5) is 0 Å². The lowest BCUT2D eigenvalue weighted by atomic mass is 9.65. The SMILES string of the molecule is CC(C)C#CC1CCCN(C(=O)C[N+](C)(C)C(C)(C)C(C)(C)C(C)C)C1. The Morgan fingerprint density at radius 2 is 1.73 bits per heavy atom. The first kappa shape index (κ1) is 23.0. The summed E-state index contributed by atoms with van der Waals surface area (Å²) in [6.45, 7) is 20.3. The minimum atomic E-state index is -0.0105. The molecule has 1 rings (SSSR count). The average molecular weight is 364 g/mol. The molecule has 1 atom stereocenters. The molecule has 3 nitrogen and oxygen atoms in total. The molecule has 150 valence electrons. The maximum atomic E-state index is 13.1. The zero-order valence-electron chi connectivity index (χ0n) is 19.1. The van der Waals surface area contributed by atoms with Gasteiger partial charge in [0, 0.05) is 30.3 Å². The van der Waals surface area contributed by atoms with Crippen LogP contribution in [0, 0.1) is 35.0 Å². The van der Waals surface area contributed by atoms with E-state index in [4.69, 9.17) is 0 Å². The number of hydrogen-bond acceptors (Lipinski definition) is 1. The highest BCUT2D eigenvalue weighted by molar-refractivity contribution is 5.77. The summed E-state index contributed by atoms with van der Waals surface area (Å²) in [5, 5.41) is 0. The molecule has 0 aromatic rings. The smallest absolute Gasteiger partial charge is 0.277 e. The van der Waals surface area contributed by atoms with Gasteiger partial charge in [0.1, 0.15) is 0 Å². The maximum absolute atomic E-state index is 13.1. The molecule has 0 radical (unpaired) electrons. The second kappa shape index (κ2) is 8.34. The lowest BCUT2D eigenvalue weighted by Gasteiger charge is -2.54. The highest BCUT2D eigenvalue weighted by atomic mass is 16.2. The molecule has 3 heteroatoms. The van der Waals surface area contributed by atoms with Crippen molar-refractivity contribution in [1.29, 1.82) is 0 Å². The molecule has 0 aromatic heterocycles. The molecule has 1 aliphatic rings. The van der Waals surface area contributed by atoms with E-state index in [-0.39, 0.29) is 16.9 Å². The van der Waals surface area contributed by atoms with Gasteiger partial charge in [-0.25, -0.2) is 0 Å². The molecule has 1 unspecified atom stereocenters.